The second-order valence-corrected chi connectivity index (χ2v) is 14.7. The molecule has 0 saturated heterocycles. The lowest BCUT2D eigenvalue weighted by Gasteiger charge is -2.55. The maximum Gasteiger partial charge on any atom is 0.309 e. The summed E-state index contributed by atoms with van der Waals surface area (Å²) in [7, 11) is 0. The third kappa shape index (κ3) is 1.75. The van der Waals surface area contributed by atoms with Crippen LogP contribution >= 0.6 is 0 Å². The van der Waals surface area contributed by atoms with E-state index in [-0.39, 0.29) is 0 Å². The van der Waals surface area contributed by atoms with Gasteiger partial charge in [0.2, 0.25) is 0 Å². The van der Waals surface area contributed by atoms with Crippen molar-refractivity contribution in [2.45, 2.75) is 77.6 Å². The van der Waals surface area contributed by atoms with E-state index >= 15 is 0 Å². The lowest BCUT2D eigenvalue weighted by Crippen LogP contribution is -2.49. The normalized spacial score (nSPS) is 66.5. The molecular formula is C30H40O2. The number of carbonyl (C=O) groups is 1. The Labute approximate surface area is 193 Å². The van der Waals surface area contributed by atoms with E-state index in [1.165, 1.54) is 44.9 Å². The van der Waals surface area contributed by atoms with Crippen LogP contribution in [0.15, 0.2) is 11.6 Å². The van der Waals surface area contributed by atoms with Crippen LogP contribution in [0, 0.1) is 87.8 Å². The van der Waals surface area contributed by atoms with E-state index < -0.39 is 11.4 Å². The Morgan fingerprint density at radius 3 is 2.59 bits per heavy atom. The fourth-order valence-corrected chi connectivity index (χ4v) is 14.3. The topological polar surface area (TPSA) is 37.3 Å². The maximum absolute atomic E-state index is 12.4. The van der Waals surface area contributed by atoms with Crippen LogP contribution in [0.4, 0.5) is 0 Å². The largest absolute Gasteiger partial charge is 0.481 e. The van der Waals surface area contributed by atoms with Crippen LogP contribution in [-0.4, -0.2) is 11.1 Å². The molecule has 8 bridgehead atoms. The van der Waals surface area contributed by atoms with Crippen LogP contribution in [0.2, 0.25) is 0 Å². The summed E-state index contributed by atoms with van der Waals surface area (Å²) in [6.07, 6.45) is 18.7. The number of rotatable bonds is 2. The Kier molecular flexibility index (Phi) is 3.21. The molecule has 0 heterocycles. The third-order valence-electron chi connectivity index (χ3n) is 14.5. The van der Waals surface area contributed by atoms with E-state index in [1.807, 2.05) is 5.57 Å². The quantitative estimate of drug-likeness (QED) is 0.404. The number of aliphatic carboxylic acids is 1. The van der Waals surface area contributed by atoms with Crippen LogP contribution < -0.4 is 0 Å². The second kappa shape index (κ2) is 5.54. The SMILES string of the molecule is CC1(C(=O)O)CC2CC1C1C3CC(C=C3C34CC(C5CCCCC53)C3C5CCC(C5)C34)C21. The lowest BCUT2D eigenvalue weighted by molar-refractivity contribution is -0.153. The Bertz CT molecular complexity index is 950. The van der Waals surface area contributed by atoms with Crippen molar-refractivity contribution in [1.29, 1.82) is 0 Å². The molecule has 0 aromatic carbocycles. The molecule has 0 amide bonds. The highest BCUT2D eigenvalue weighted by atomic mass is 16.4. The first-order valence-electron chi connectivity index (χ1n) is 14.5. The Morgan fingerprint density at radius 2 is 1.72 bits per heavy atom. The first kappa shape index (κ1) is 18.5. The summed E-state index contributed by atoms with van der Waals surface area (Å²) in [5, 5.41) is 10.2. The van der Waals surface area contributed by atoms with Crippen LogP contribution in [0.5, 0.6) is 0 Å². The van der Waals surface area contributed by atoms with Gasteiger partial charge < -0.3 is 5.11 Å². The number of hydrogen-bond donors (Lipinski definition) is 1. The van der Waals surface area contributed by atoms with E-state index in [1.54, 1.807) is 19.3 Å². The summed E-state index contributed by atoms with van der Waals surface area (Å²) in [4.78, 5) is 12.4. The molecule has 0 aromatic heterocycles. The molecule has 2 heteroatoms. The zero-order valence-corrected chi connectivity index (χ0v) is 19.7. The van der Waals surface area contributed by atoms with Crippen LogP contribution in [-0.2, 0) is 4.79 Å². The summed E-state index contributed by atoms with van der Waals surface area (Å²) in [5.41, 5.74) is 2.10. The van der Waals surface area contributed by atoms with Crippen molar-refractivity contribution in [2.75, 3.05) is 0 Å². The zero-order valence-electron chi connectivity index (χ0n) is 19.7. The first-order valence-corrected chi connectivity index (χ1v) is 14.5. The molecule has 0 aromatic rings. The van der Waals surface area contributed by atoms with Gasteiger partial charge in [0, 0.05) is 0 Å². The first-order chi connectivity index (χ1) is 15.5. The number of fused-ring (bicyclic) bond motifs is 21. The average molecular weight is 433 g/mol. The molecule has 8 fully saturated rings. The molecule has 0 aliphatic heterocycles. The minimum atomic E-state index is -0.489. The summed E-state index contributed by atoms with van der Waals surface area (Å²) < 4.78 is 0. The molecule has 9 rings (SSSR count). The highest BCUT2D eigenvalue weighted by Gasteiger charge is 2.76. The van der Waals surface area contributed by atoms with Gasteiger partial charge in [-0.3, -0.25) is 4.79 Å². The van der Waals surface area contributed by atoms with E-state index in [9.17, 15) is 9.90 Å². The van der Waals surface area contributed by atoms with Gasteiger partial charge in [-0.25, -0.2) is 0 Å². The Hall–Kier alpha value is -0.790. The van der Waals surface area contributed by atoms with Crippen LogP contribution in [0.3, 0.4) is 0 Å². The van der Waals surface area contributed by atoms with Crippen LogP contribution in [0.1, 0.15) is 77.6 Å². The molecule has 15 atom stereocenters. The Balaban J connectivity index is 1.17. The number of carboxylic acid groups (broad SMARTS) is 1. The molecule has 9 aliphatic carbocycles. The Morgan fingerprint density at radius 1 is 0.875 bits per heavy atom. The monoisotopic (exact) mass is 432 g/mol. The van der Waals surface area contributed by atoms with Gasteiger partial charge in [-0.1, -0.05) is 24.5 Å². The highest BCUT2D eigenvalue weighted by Crippen LogP contribution is 2.82. The number of hydrogen-bond acceptors (Lipinski definition) is 1. The second-order valence-electron chi connectivity index (χ2n) is 14.7. The molecule has 32 heavy (non-hydrogen) atoms. The van der Waals surface area contributed by atoms with Crippen molar-refractivity contribution in [1.82, 2.24) is 0 Å². The molecule has 0 spiro atoms. The predicted molar refractivity (Wildman–Crippen MR) is 122 cm³/mol. The smallest absolute Gasteiger partial charge is 0.309 e. The van der Waals surface area contributed by atoms with Crippen molar-refractivity contribution < 1.29 is 9.90 Å². The summed E-state index contributed by atoms with van der Waals surface area (Å²) in [6, 6.07) is 0. The average Bonchev–Trinajstić information content (AvgIpc) is 3.61. The standard InChI is InChI=1S/C30H40O2/c1-29(28(31)32)12-17-11-23(29)26-19-9-16(24(17)26)10-22(19)30-13-20(18-4-2-3-5-21(18)30)25-14-6-7-15(8-14)27(25)30/h10,14-21,23-27H,2-9,11-13H2,1H3,(H,31,32). The van der Waals surface area contributed by atoms with Crippen molar-refractivity contribution in [3.05, 3.63) is 11.6 Å². The maximum atomic E-state index is 12.4. The summed E-state index contributed by atoms with van der Waals surface area (Å²) >= 11 is 0. The van der Waals surface area contributed by atoms with Gasteiger partial charge in [-0.05, 0) is 147 Å². The fourth-order valence-electron chi connectivity index (χ4n) is 14.3. The fraction of sp³-hybridized carbons (Fsp3) is 0.900. The summed E-state index contributed by atoms with van der Waals surface area (Å²) in [6.45, 7) is 2.12. The van der Waals surface area contributed by atoms with Crippen LogP contribution in [0.25, 0.3) is 0 Å². The molecule has 2 nitrogen and oxygen atoms in total. The highest BCUT2D eigenvalue weighted by molar-refractivity contribution is 5.75. The van der Waals surface area contributed by atoms with Gasteiger partial charge in [-0.15, -0.1) is 0 Å². The van der Waals surface area contributed by atoms with E-state index in [4.69, 9.17) is 0 Å². The van der Waals surface area contributed by atoms with E-state index in [2.05, 4.69) is 13.0 Å². The molecule has 1 N–H and O–H groups in total. The minimum Gasteiger partial charge on any atom is -0.481 e. The van der Waals surface area contributed by atoms with Gasteiger partial charge in [0.05, 0.1) is 5.41 Å². The summed E-state index contributed by atoms with van der Waals surface area (Å²) in [5.74, 6) is 11.1. The zero-order chi connectivity index (χ0) is 21.1. The molecule has 172 valence electrons. The molecule has 15 unspecified atom stereocenters. The lowest BCUT2D eigenvalue weighted by atomic mass is 9.49. The molecule has 9 aliphatic rings. The predicted octanol–water partition coefficient (Wildman–Crippen LogP) is 6.41. The van der Waals surface area contributed by atoms with Gasteiger partial charge in [0.1, 0.15) is 0 Å². The molecule has 8 saturated carbocycles. The van der Waals surface area contributed by atoms with E-state index in [0.717, 1.165) is 65.6 Å². The third-order valence-corrected chi connectivity index (χ3v) is 14.5. The van der Waals surface area contributed by atoms with Gasteiger partial charge in [0.25, 0.3) is 0 Å². The van der Waals surface area contributed by atoms with Gasteiger partial charge in [0.15, 0.2) is 0 Å². The minimum absolute atomic E-state index is 0.435. The van der Waals surface area contributed by atoms with Crippen molar-refractivity contribution >= 4 is 5.97 Å². The number of carboxylic acids is 1. The number of allylic oxidation sites excluding steroid dienone is 2. The van der Waals surface area contributed by atoms with Crippen molar-refractivity contribution in [2.24, 2.45) is 87.8 Å². The molecular weight excluding hydrogens is 392 g/mol. The van der Waals surface area contributed by atoms with Gasteiger partial charge >= 0.3 is 5.97 Å². The van der Waals surface area contributed by atoms with Gasteiger partial charge in [-0.2, -0.15) is 0 Å². The van der Waals surface area contributed by atoms with Crippen molar-refractivity contribution in [3.8, 4) is 0 Å². The van der Waals surface area contributed by atoms with E-state index in [0.29, 0.717) is 23.2 Å². The van der Waals surface area contributed by atoms with Crippen molar-refractivity contribution in [3.63, 3.8) is 0 Å². The molecule has 0 radical (unpaired) electrons.